The van der Waals surface area contributed by atoms with Crippen molar-refractivity contribution in [2.75, 3.05) is 6.54 Å². The SMILES string of the molecule is CC(C)C(=O)N1CCC(S)[C@@]1(C(=O)Oc1cccc(CO[N+](=O)[O-])c1)C(=O)[C@H](C)N. The summed E-state index contributed by atoms with van der Waals surface area (Å²) in [6.07, 6.45) is 0.311. The van der Waals surface area contributed by atoms with Crippen molar-refractivity contribution in [3.63, 3.8) is 0 Å². The fraction of sp³-hybridized carbons (Fsp3) is 0.526. The second kappa shape index (κ2) is 9.43. The van der Waals surface area contributed by atoms with Gasteiger partial charge in [0.1, 0.15) is 12.4 Å². The van der Waals surface area contributed by atoms with Gasteiger partial charge in [-0.2, -0.15) is 12.6 Å². The van der Waals surface area contributed by atoms with Crippen LogP contribution < -0.4 is 10.5 Å². The van der Waals surface area contributed by atoms with E-state index in [-0.39, 0.29) is 24.8 Å². The summed E-state index contributed by atoms with van der Waals surface area (Å²) >= 11 is 4.45. The molecule has 10 nitrogen and oxygen atoms in total. The van der Waals surface area contributed by atoms with Gasteiger partial charge in [-0.25, -0.2) is 4.79 Å². The summed E-state index contributed by atoms with van der Waals surface area (Å²) in [6, 6.07) is 4.87. The topological polar surface area (TPSA) is 142 Å². The number of hydrogen-bond acceptors (Lipinski definition) is 9. The fourth-order valence-electron chi connectivity index (χ4n) is 3.41. The highest BCUT2D eigenvalue weighted by Crippen LogP contribution is 2.38. The van der Waals surface area contributed by atoms with Gasteiger partial charge in [-0.3, -0.25) is 9.59 Å². The Kier molecular flexibility index (Phi) is 7.43. The number of ether oxygens (including phenoxy) is 1. The van der Waals surface area contributed by atoms with E-state index in [0.717, 1.165) is 0 Å². The van der Waals surface area contributed by atoms with Crippen molar-refractivity contribution < 1.29 is 29.0 Å². The van der Waals surface area contributed by atoms with Crippen molar-refractivity contribution in [3.8, 4) is 5.75 Å². The molecule has 1 aromatic carbocycles. The predicted molar refractivity (Wildman–Crippen MR) is 109 cm³/mol. The number of likely N-dealkylation sites (tertiary alicyclic amines) is 1. The molecule has 1 aromatic rings. The van der Waals surface area contributed by atoms with Gasteiger partial charge >= 0.3 is 5.97 Å². The van der Waals surface area contributed by atoms with Gasteiger partial charge in [0, 0.05) is 17.7 Å². The number of amides is 1. The van der Waals surface area contributed by atoms with Gasteiger partial charge in [-0.05, 0) is 31.0 Å². The summed E-state index contributed by atoms with van der Waals surface area (Å²) < 4.78 is 5.47. The molecule has 1 fully saturated rings. The van der Waals surface area contributed by atoms with Crippen LogP contribution in [-0.2, 0) is 25.8 Å². The molecular weight excluding hydrogens is 414 g/mol. The lowest BCUT2D eigenvalue weighted by Gasteiger charge is -2.38. The Morgan fingerprint density at radius 2 is 2.03 bits per heavy atom. The van der Waals surface area contributed by atoms with E-state index in [1.807, 2.05) is 0 Å². The second-order valence-electron chi connectivity index (χ2n) is 7.40. The van der Waals surface area contributed by atoms with Crippen LogP contribution >= 0.6 is 12.6 Å². The Morgan fingerprint density at radius 1 is 1.37 bits per heavy atom. The molecule has 30 heavy (non-hydrogen) atoms. The first kappa shape index (κ1) is 23.6. The first-order chi connectivity index (χ1) is 14.0. The lowest BCUT2D eigenvalue weighted by atomic mass is 9.86. The smallest absolute Gasteiger partial charge is 0.346 e. The maximum absolute atomic E-state index is 13.3. The third-order valence-corrected chi connectivity index (χ3v) is 5.47. The van der Waals surface area contributed by atoms with E-state index < -0.39 is 39.6 Å². The number of ketones is 1. The average Bonchev–Trinajstić information content (AvgIpc) is 3.02. The number of hydrogen-bond donors (Lipinski definition) is 2. The molecule has 0 radical (unpaired) electrons. The Balaban J connectivity index is 2.42. The molecule has 164 valence electrons. The Bertz CT molecular complexity index is 845. The van der Waals surface area contributed by atoms with Crippen LogP contribution in [0.25, 0.3) is 0 Å². The predicted octanol–water partition coefficient (Wildman–Crippen LogP) is 1.14. The Morgan fingerprint density at radius 3 is 2.60 bits per heavy atom. The number of carbonyl (C=O) groups is 3. The molecule has 1 aliphatic heterocycles. The van der Waals surface area contributed by atoms with Gasteiger partial charge in [0.15, 0.2) is 5.78 Å². The van der Waals surface area contributed by atoms with Crippen LogP contribution in [0, 0.1) is 16.0 Å². The molecule has 3 atom stereocenters. The molecule has 1 aliphatic rings. The highest BCUT2D eigenvalue weighted by molar-refractivity contribution is 7.81. The number of Topliss-reactive ketones (excluding diaryl/α,β-unsaturated/α-hetero) is 1. The molecule has 1 amide bonds. The number of thiol groups is 1. The maximum Gasteiger partial charge on any atom is 0.346 e. The largest absolute Gasteiger partial charge is 0.424 e. The zero-order valence-electron chi connectivity index (χ0n) is 16.9. The minimum Gasteiger partial charge on any atom is -0.424 e. The van der Waals surface area contributed by atoms with Crippen LogP contribution in [0.5, 0.6) is 5.75 Å². The number of carbonyl (C=O) groups excluding carboxylic acids is 3. The molecule has 2 rings (SSSR count). The Labute approximate surface area is 179 Å². The number of nitrogens with two attached hydrogens (primary N) is 1. The van der Waals surface area contributed by atoms with E-state index in [2.05, 4.69) is 17.5 Å². The zero-order valence-corrected chi connectivity index (χ0v) is 17.8. The maximum atomic E-state index is 13.3. The molecule has 1 heterocycles. The summed E-state index contributed by atoms with van der Waals surface area (Å²) in [5, 5.41) is 8.65. The molecule has 0 bridgehead atoms. The van der Waals surface area contributed by atoms with Crippen molar-refractivity contribution >= 4 is 30.3 Å². The van der Waals surface area contributed by atoms with Crippen LogP contribution in [0.4, 0.5) is 0 Å². The highest BCUT2D eigenvalue weighted by atomic mass is 32.1. The zero-order chi connectivity index (χ0) is 22.6. The third kappa shape index (κ3) is 4.57. The van der Waals surface area contributed by atoms with Crippen molar-refractivity contribution in [2.45, 2.75) is 50.6 Å². The van der Waals surface area contributed by atoms with Crippen LogP contribution in [0.3, 0.4) is 0 Å². The lowest BCUT2D eigenvalue weighted by molar-refractivity contribution is -0.763. The van der Waals surface area contributed by atoms with Crippen molar-refractivity contribution in [3.05, 3.63) is 39.9 Å². The Hall–Kier alpha value is -2.66. The molecule has 0 spiro atoms. The monoisotopic (exact) mass is 439 g/mol. The number of esters is 1. The first-order valence-corrected chi connectivity index (χ1v) is 9.91. The van der Waals surface area contributed by atoms with Gasteiger partial charge in [0.05, 0.1) is 6.04 Å². The van der Waals surface area contributed by atoms with E-state index in [0.29, 0.717) is 12.0 Å². The normalized spacial score (nSPS) is 21.9. The summed E-state index contributed by atoms with van der Waals surface area (Å²) in [5.74, 6) is -2.42. The van der Waals surface area contributed by atoms with Crippen LogP contribution in [-0.4, -0.2) is 51.0 Å². The highest BCUT2D eigenvalue weighted by Gasteiger charge is 2.62. The third-order valence-electron chi connectivity index (χ3n) is 4.84. The summed E-state index contributed by atoms with van der Waals surface area (Å²) in [7, 11) is 0. The molecule has 0 aromatic heterocycles. The molecule has 1 saturated heterocycles. The van der Waals surface area contributed by atoms with Crippen LogP contribution in [0.15, 0.2) is 24.3 Å². The summed E-state index contributed by atoms with van der Waals surface area (Å²) in [6.45, 7) is 4.59. The van der Waals surface area contributed by atoms with Gasteiger partial charge in [-0.15, -0.1) is 10.1 Å². The van der Waals surface area contributed by atoms with E-state index in [9.17, 15) is 24.5 Å². The van der Waals surface area contributed by atoms with E-state index in [4.69, 9.17) is 10.5 Å². The number of rotatable bonds is 8. The van der Waals surface area contributed by atoms with Gasteiger partial charge in [-0.1, -0.05) is 26.0 Å². The van der Waals surface area contributed by atoms with Crippen molar-refractivity contribution in [1.82, 2.24) is 4.90 Å². The van der Waals surface area contributed by atoms with Gasteiger partial charge in [0.2, 0.25) is 11.4 Å². The summed E-state index contributed by atoms with van der Waals surface area (Å²) in [4.78, 5) is 55.2. The second-order valence-corrected chi connectivity index (χ2v) is 8.03. The molecule has 0 aliphatic carbocycles. The quantitative estimate of drug-likeness (QED) is 0.153. The van der Waals surface area contributed by atoms with E-state index in [1.165, 1.54) is 30.0 Å². The van der Waals surface area contributed by atoms with E-state index >= 15 is 0 Å². The minimum atomic E-state index is -1.97. The molecule has 11 heteroatoms. The molecular formula is C19H25N3O7S. The van der Waals surface area contributed by atoms with Crippen LogP contribution in [0.1, 0.15) is 32.8 Å². The first-order valence-electron chi connectivity index (χ1n) is 9.39. The lowest BCUT2D eigenvalue weighted by Crippen LogP contribution is -2.67. The number of nitrogens with zero attached hydrogens (tertiary/aromatic N) is 2. The van der Waals surface area contributed by atoms with Gasteiger partial charge < -0.3 is 20.2 Å². The van der Waals surface area contributed by atoms with Gasteiger partial charge in [0.25, 0.3) is 5.09 Å². The molecule has 2 N–H and O–H groups in total. The number of benzene rings is 1. The standard InChI is InChI=1S/C19H25N3O7S/c1-11(2)17(24)21-8-7-15(30)19(21,16(23)12(3)20)18(25)29-14-6-4-5-13(9-14)10-28-22(26)27/h4-6,9,11-12,15,30H,7-8,10,20H2,1-3H3/t12-,15?,19-/m0/s1. The fourth-order valence-corrected chi connectivity index (χ4v) is 3.90. The average molecular weight is 439 g/mol. The van der Waals surface area contributed by atoms with Crippen molar-refractivity contribution in [2.24, 2.45) is 11.7 Å². The molecule has 1 unspecified atom stereocenters. The van der Waals surface area contributed by atoms with Crippen LogP contribution in [0.2, 0.25) is 0 Å². The van der Waals surface area contributed by atoms with Crippen molar-refractivity contribution in [1.29, 1.82) is 0 Å². The van der Waals surface area contributed by atoms with E-state index in [1.54, 1.807) is 19.9 Å². The minimum absolute atomic E-state index is 0.0469. The summed E-state index contributed by atoms with van der Waals surface area (Å²) in [5.41, 5.74) is 4.23. The molecule has 0 saturated carbocycles.